The molecule has 4 rings (SSSR count). The monoisotopic (exact) mass is 570 g/mol. The van der Waals surface area contributed by atoms with Gasteiger partial charge in [0.25, 0.3) is 0 Å². The van der Waals surface area contributed by atoms with Crippen molar-refractivity contribution >= 4 is 47.2 Å². The van der Waals surface area contributed by atoms with Gasteiger partial charge >= 0.3 is 0 Å². The number of hydrogen-bond acceptors (Lipinski definition) is 3. The van der Waals surface area contributed by atoms with Crippen LogP contribution in [0.15, 0.2) is 41.9 Å². The maximum Gasteiger partial charge on any atom is 0.193 e. The van der Waals surface area contributed by atoms with E-state index < -0.39 is 0 Å². The van der Waals surface area contributed by atoms with Crippen molar-refractivity contribution < 1.29 is 0 Å². The van der Waals surface area contributed by atoms with Gasteiger partial charge in [0.1, 0.15) is 0 Å². The lowest BCUT2D eigenvalue weighted by molar-refractivity contribution is 0.189. The average molecular weight is 571 g/mol. The predicted molar refractivity (Wildman–Crippen MR) is 145 cm³/mol. The number of imidazole rings is 1. The maximum absolute atomic E-state index is 6.25. The van der Waals surface area contributed by atoms with Crippen molar-refractivity contribution in [1.82, 2.24) is 19.8 Å². The largest absolute Gasteiger partial charge is 0.371 e. The van der Waals surface area contributed by atoms with E-state index in [1.807, 2.05) is 18.6 Å². The number of halogens is 2. The zero-order valence-electron chi connectivity index (χ0n) is 19.4. The number of rotatable bonds is 5. The number of benzene rings is 1. The number of guanidine groups is 1. The van der Waals surface area contributed by atoms with Crippen LogP contribution in [0.5, 0.6) is 0 Å². The highest BCUT2D eigenvalue weighted by molar-refractivity contribution is 14.0. The van der Waals surface area contributed by atoms with Crippen LogP contribution >= 0.6 is 35.6 Å². The molecule has 8 heteroatoms. The molecular formula is C24H36ClIN6. The lowest BCUT2D eigenvalue weighted by atomic mass is 9.93. The molecule has 2 aliphatic rings. The van der Waals surface area contributed by atoms with E-state index in [4.69, 9.17) is 16.6 Å². The molecule has 176 valence electrons. The summed E-state index contributed by atoms with van der Waals surface area (Å²) in [6, 6.07) is 6.61. The summed E-state index contributed by atoms with van der Waals surface area (Å²) in [5, 5.41) is 4.35. The van der Waals surface area contributed by atoms with Crippen molar-refractivity contribution in [2.24, 2.45) is 16.8 Å². The summed E-state index contributed by atoms with van der Waals surface area (Å²) in [4.78, 5) is 14.2. The first-order chi connectivity index (χ1) is 15.0. The van der Waals surface area contributed by atoms with Gasteiger partial charge in [-0.3, -0.25) is 4.99 Å². The Balaban J connectivity index is 0.00000289. The van der Waals surface area contributed by atoms with Crippen LogP contribution in [0.1, 0.15) is 38.3 Å². The number of nitrogens with one attached hydrogen (secondary N) is 1. The highest BCUT2D eigenvalue weighted by atomic mass is 127. The molecule has 0 saturated carbocycles. The van der Waals surface area contributed by atoms with Crippen LogP contribution in [0.2, 0.25) is 5.02 Å². The molecule has 0 spiro atoms. The summed E-state index contributed by atoms with van der Waals surface area (Å²) < 4.78 is 2.25. The van der Waals surface area contributed by atoms with Crippen molar-refractivity contribution in [3.05, 3.63) is 47.5 Å². The summed E-state index contributed by atoms with van der Waals surface area (Å²) in [6.07, 6.45) is 8.24. The molecule has 1 N–H and O–H groups in total. The van der Waals surface area contributed by atoms with Crippen LogP contribution in [0, 0.1) is 18.8 Å². The van der Waals surface area contributed by atoms with Gasteiger partial charge in [-0.25, -0.2) is 4.98 Å². The number of aromatic nitrogens is 2. The van der Waals surface area contributed by atoms with E-state index in [1.54, 1.807) is 0 Å². The van der Waals surface area contributed by atoms with Crippen molar-refractivity contribution in [2.75, 3.05) is 44.2 Å². The SMILES string of the molecule is CCNC(=NCC1CCN(c2cc(Cl)ccc2C)C1)N1CCC(C)C(n2ccnc2)C1.I. The highest BCUT2D eigenvalue weighted by Crippen LogP contribution is 2.30. The standard InChI is InChI=1S/C24H35ClN6.HI/c1-4-27-24(30-10-7-19(3)23(16-30)31-12-9-26-17-31)28-14-20-8-11-29(15-20)22-13-21(25)6-5-18(22)2;/h5-6,9,12-13,17,19-20,23H,4,7-8,10-11,14-16H2,1-3H3,(H,27,28);1H. The number of anilines is 1. The van der Waals surface area contributed by atoms with E-state index in [0.29, 0.717) is 17.9 Å². The second-order valence-corrected chi connectivity index (χ2v) is 9.45. The molecule has 2 aromatic rings. The molecule has 3 heterocycles. The van der Waals surface area contributed by atoms with Gasteiger partial charge in [0.05, 0.1) is 12.4 Å². The first-order valence-corrected chi connectivity index (χ1v) is 11.9. The number of nitrogens with zero attached hydrogens (tertiary/aromatic N) is 5. The minimum Gasteiger partial charge on any atom is -0.371 e. The van der Waals surface area contributed by atoms with E-state index in [9.17, 15) is 0 Å². The van der Waals surface area contributed by atoms with Crippen molar-refractivity contribution in [1.29, 1.82) is 0 Å². The minimum absolute atomic E-state index is 0. The second-order valence-electron chi connectivity index (χ2n) is 9.02. The molecule has 3 unspecified atom stereocenters. The van der Waals surface area contributed by atoms with Gasteiger partial charge in [0.15, 0.2) is 5.96 Å². The van der Waals surface area contributed by atoms with Gasteiger partial charge < -0.3 is 19.7 Å². The number of aliphatic imine (C=N–C) groups is 1. The Morgan fingerprint density at radius 3 is 2.84 bits per heavy atom. The quantitative estimate of drug-likeness (QED) is 0.318. The molecule has 1 aromatic carbocycles. The molecule has 0 bridgehead atoms. The first kappa shape index (κ1) is 25.1. The molecule has 2 saturated heterocycles. The minimum atomic E-state index is 0. The number of piperidine rings is 1. The highest BCUT2D eigenvalue weighted by Gasteiger charge is 2.29. The third kappa shape index (κ3) is 5.90. The van der Waals surface area contributed by atoms with Gasteiger partial charge in [0.2, 0.25) is 0 Å². The fraction of sp³-hybridized carbons (Fsp3) is 0.583. The summed E-state index contributed by atoms with van der Waals surface area (Å²) in [7, 11) is 0. The Morgan fingerprint density at radius 2 is 2.09 bits per heavy atom. The van der Waals surface area contributed by atoms with Crippen LogP contribution in [-0.4, -0.2) is 59.7 Å². The van der Waals surface area contributed by atoms with Gasteiger partial charge in [-0.15, -0.1) is 24.0 Å². The molecule has 0 amide bonds. The number of likely N-dealkylation sites (tertiary alicyclic amines) is 1. The summed E-state index contributed by atoms with van der Waals surface area (Å²) in [5.74, 6) is 2.26. The fourth-order valence-corrected chi connectivity index (χ4v) is 5.03. The van der Waals surface area contributed by atoms with Crippen LogP contribution in [0.25, 0.3) is 0 Å². The van der Waals surface area contributed by atoms with Crippen LogP contribution < -0.4 is 10.2 Å². The van der Waals surface area contributed by atoms with Gasteiger partial charge in [-0.05, 0) is 56.2 Å². The number of aryl methyl sites for hydroxylation is 1. The molecule has 6 nitrogen and oxygen atoms in total. The van der Waals surface area contributed by atoms with Gasteiger partial charge in [-0.2, -0.15) is 0 Å². The second kappa shape index (κ2) is 11.6. The van der Waals surface area contributed by atoms with Gasteiger partial charge in [-0.1, -0.05) is 24.6 Å². The van der Waals surface area contributed by atoms with Crippen LogP contribution in [-0.2, 0) is 0 Å². The van der Waals surface area contributed by atoms with E-state index in [1.165, 1.54) is 24.1 Å². The van der Waals surface area contributed by atoms with Crippen molar-refractivity contribution in [3.63, 3.8) is 0 Å². The Kier molecular flexibility index (Phi) is 9.11. The number of hydrogen-bond donors (Lipinski definition) is 1. The first-order valence-electron chi connectivity index (χ1n) is 11.6. The topological polar surface area (TPSA) is 48.7 Å². The zero-order chi connectivity index (χ0) is 21.8. The Hall–Kier alpha value is -1.48. The molecule has 2 fully saturated rings. The van der Waals surface area contributed by atoms with Crippen LogP contribution in [0.3, 0.4) is 0 Å². The van der Waals surface area contributed by atoms with E-state index >= 15 is 0 Å². The smallest absolute Gasteiger partial charge is 0.193 e. The average Bonchev–Trinajstić information content (AvgIpc) is 3.46. The van der Waals surface area contributed by atoms with Crippen LogP contribution in [0.4, 0.5) is 5.69 Å². The van der Waals surface area contributed by atoms with E-state index in [2.05, 4.69) is 63.8 Å². The molecule has 3 atom stereocenters. The Labute approximate surface area is 214 Å². The molecule has 0 radical (unpaired) electrons. The summed E-state index contributed by atoms with van der Waals surface area (Å²) in [6.45, 7) is 12.5. The third-order valence-corrected chi connectivity index (χ3v) is 6.99. The zero-order valence-corrected chi connectivity index (χ0v) is 22.5. The van der Waals surface area contributed by atoms with Gasteiger partial charge in [0, 0.05) is 62.4 Å². The predicted octanol–water partition coefficient (Wildman–Crippen LogP) is 4.84. The fourth-order valence-electron chi connectivity index (χ4n) is 4.86. The lowest BCUT2D eigenvalue weighted by Gasteiger charge is -2.39. The van der Waals surface area contributed by atoms with E-state index in [-0.39, 0.29) is 24.0 Å². The Bertz CT molecular complexity index is 887. The molecular weight excluding hydrogens is 535 g/mol. The van der Waals surface area contributed by atoms with E-state index in [0.717, 1.165) is 50.3 Å². The molecule has 2 aliphatic heterocycles. The summed E-state index contributed by atoms with van der Waals surface area (Å²) >= 11 is 6.25. The third-order valence-electron chi connectivity index (χ3n) is 6.76. The maximum atomic E-state index is 6.25. The van der Waals surface area contributed by atoms with Crippen molar-refractivity contribution in [3.8, 4) is 0 Å². The molecule has 1 aromatic heterocycles. The molecule has 32 heavy (non-hydrogen) atoms. The Morgan fingerprint density at radius 1 is 1.25 bits per heavy atom. The molecule has 0 aliphatic carbocycles. The lowest BCUT2D eigenvalue weighted by Crippen LogP contribution is -2.49. The summed E-state index contributed by atoms with van der Waals surface area (Å²) in [5.41, 5.74) is 2.55. The van der Waals surface area contributed by atoms with Crippen molar-refractivity contribution in [2.45, 2.75) is 39.7 Å². The normalized spacial score (nSPS) is 23.9.